The van der Waals surface area contributed by atoms with E-state index in [1.807, 2.05) is 0 Å². The van der Waals surface area contributed by atoms with Gasteiger partial charge in [-0.05, 0) is 32.6 Å². The van der Waals surface area contributed by atoms with E-state index >= 15 is 0 Å². The third-order valence-electron chi connectivity index (χ3n) is 4.97. The third-order valence-corrected chi connectivity index (χ3v) is 5.77. The summed E-state index contributed by atoms with van der Waals surface area (Å²) < 4.78 is 0. The monoisotopic (exact) mass is 415 g/mol. The van der Waals surface area contributed by atoms with Crippen molar-refractivity contribution in [2.75, 3.05) is 12.3 Å². The molecule has 1 aromatic carbocycles. The highest BCUT2D eigenvalue weighted by Gasteiger charge is 2.28. The summed E-state index contributed by atoms with van der Waals surface area (Å²) in [5, 5.41) is 10.1. The Hall–Kier alpha value is -2.41. The average Bonchev–Trinajstić information content (AvgIpc) is 2.70. The fourth-order valence-electron chi connectivity index (χ4n) is 3.36. The Morgan fingerprint density at radius 2 is 1.69 bits per heavy atom. The summed E-state index contributed by atoms with van der Waals surface area (Å²) in [7, 11) is 0. The van der Waals surface area contributed by atoms with E-state index in [2.05, 4.69) is 5.32 Å². The van der Waals surface area contributed by atoms with Crippen molar-refractivity contribution in [3.8, 4) is 0 Å². The molecular formula is C22H29N3O3S. The summed E-state index contributed by atoms with van der Waals surface area (Å²) in [6.07, 6.45) is 5.36. The van der Waals surface area contributed by atoms with E-state index in [9.17, 15) is 14.4 Å². The van der Waals surface area contributed by atoms with E-state index in [1.54, 1.807) is 31.2 Å². The minimum atomic E-state index is -0.0476. The number of benzene rings is 1. The van der Waals surface area contributed by atoms with Crippen LogP contribution in [0.1, 0.15) is 72.6 Å². The number of rotatable bonds is 11. The zero-order chi connectivity index (χ0) is 21.2. The molecule has 0 spiro atoms. The number of ketones is 2. The Kier molecular flexibility index (Phi) is 9.12. The summed E-state index contributed by atoms with van der Waals surface area (Å²) in [6, 6.07) is 7.00. The Balaban J connectivity index is 1.64. The molecule has 1 amide bonds. The summed E-state index contributed by atoms with van der Waals surface area (Å²) in [4.78, 5) is 36.9. The van der Waals surface area contributed by atoms with E-state index in [1.165, 1.54) is 11.8 Å². The maximum absolute atomic E-state index is 12.7. The average molecular weight is 416 g/mol. The molecule has 0 unspecified atom stereocenters. The number of amidine groups is 1. The molecule has 0 fully saturated rings. The first-order chi connectivity index (χ1) is 13.9. The number of thioether (sulfide) groups is 1. The standard InChI is InChI=1S/C22H29N3O3S/c1-15-16(21(28)18-11-7-6-10-17(18)20(15)27)9-4-2-3-5-12-19(26)25-13-8-14-29-22(23)24/h6-7,10-11H,2-5,8-9,12-14H2,1H3,(H3,23,24)(H,25,26). The van der Waals surface area contributed by atoms with Crippen molar-refractivity contribution < 1.29 is 14.4 Å². The number of fused-ring (bicyclic) bond motifs is 1. The molecule has 29 heavy (non-hydrogen) atoms. The van der Waals surface area contributed by atoms with Crippen LogP contribution in [-0.2, 0) is 4.79 Å². The van der Waals surface area contributed by atoms with Gasteiger partial charge in [-0.15, -0.1) is 0 Å². The van der Waals surface area contributed by atoms with Crippen LogP contribution in [0.2, 0.25) is 0 Å². The third kappa shape index (κ3) is 6.85. The van der Waals surface area contributed by atoms with Gasteiger partial charge in [-0.1, -0.05) is 48.9 Å². The number of allylic oxidation sites excluding steroid dienone is 2. The Bertz CT molecular complexity index is 817. The van der Waals surface area contributed by atoms with Gasteiger partial charge in [0.1, 0.15) is 0 Å². The van der Waals surface area contributed by atoms with Gasteiger partial charge < -0.3 is 11.1 Å². The molecule has 1 aliphatic carbocycles. The lowest BCUT2D eigenvalue weighted by Gasteiger charge is -2.18. The largest absolute Gasteiger partial charge is 0.379 e. The van der Waals surface area contributed by atoms with Crippen LogP contribution >= 0.6 is 11.8 Å². The molecule has 0 aromatic heterocycles. The predicted octanol–water partition coefficient (Wildman–Crippen LogP) is 3.86. The van der Waals surface area contributed by atoms with Gasteiger partial charge >= 0.3 is 0 Å². The molecule has 6 nitrogen and oxygen atoms in total. The highest BCUT2D eigenvalue weighted by Crippen LogP contribution is 2.29. The quantitative estimate of drug-likeness (QED) is 0.289. The molecular weight excluding hydrogens is 386 g/mol. The molecule has 0 saturated heterocycles. The van der Waals surface area contributed by atoms with Gasteiger partial charge in [0.05, 0.1) is 0 Å². The zero-order valence-electron chi connectivity index (χ0n) is 16.9. The molecule has 0 aliphatic heterocycles. The summed E-state index contributed by atoms with van der Waals surface area (Å²) in [6.45, 7) is 2.34. The molecule has 1 aromatic rings. The van der Waals surface area contributed by atoms with Gasteiger partial charge in [-0.3, -0.25) is 19.8 Å². The lowest BCUT2D eigenvalue weighted by atomic mass is 9.82. The minimum absolute atomic E-state index is 0.0278. The normalized spacial score (nSPS) is 13.4. The Morgan fingerprint density at radius 1 is 1.03 bits per heavy atom. The van der Waals surface area contributed by atoms with Crippen LogP contribution in [-0.4, -0.2) is 34.9 Å². The fourth-order valence-corrected chi connectivity index (χ4v) is 3.87. The van der Waals surface area contributed by atoms with Crippen LogP contribution in [0.15, 0.2) is 35.4 Å². The van der Waals surface area contributed by atoms with Crippen LogP contribution in [0.4, 0.5) is 0 Å². The van der Waals surface area contributed by atoms with E-state index in [0.29, 0.717) is 41.7 Å². The number of nitrogens with one attached hydrogen (secondary N) is 2. The van der Waals surface area contributed by atoms with Gasteiger partial charge in [-0.25, -0.2) is 0 Å². The van der Waals surface area contributed by atoms with Crippen molar-refractivity contribution in [2.24, 2.45) is 5.73 Å². The minimum Gasteiger partial charge on any atom is -0.379 e. The lowest BCUT2D eigenvalue weighted by molar-refractivity contribution is -0.121. The van der Waals surface area contributed by atoms with E-state index in [-0.39, 0.29) is 22.6 Å². The van der Waals surface area contributed by atoms with Crippen LogP contribution in [0, 0.1) is 5.41 Å². The number of amides is 1. The molecule has 7 heteroatoms. The van der Waals surface area contributed by atoms with Crippen LogP contribution < -0.4 is 11.1 Å². The molecule has 4 N–H and O–H groups in total. The lowest BCUT2D eigenvalue weighted by Crippen LogP contribution is -2.24. The zero-order valence-corrected chi connectivity index (χ0v) is 17.7. The van der Waals surface area contributed by atoms with E-state index < -0.39 is 0 Å². The van der Waals surface area contributed by atoms with Crippen molar-refractivity contribution in [1.29, 1.82) is 5.41 Å². The first-order valence-electron chi connectivity index (χ1n) is 10.0. The van der Waals surface area contributed by atoms with Crippen LogP contribution in [0.3, 0.4) is 0 Å². The van der Waals surface area contributed by atoms with Gasteiger partial charge in [0.2, 0.25) is 5.91 Å². The highest BCUT2D eigenvalue weighted by molar-refractivity contribution is 8.13. The summed E-state index contributed by atoms with van der Waals surface area (Å²) in [5.41, 5.74) is 7.47. The number of unbranched alkanes of at least 4 members (excludes halogenated alkanes) is 3. The van der Waals surface area contributed by atoms with Gasteiger partial charge in [0, 0.05) is 41.0 Å². The molecule has 0 atom stereocenters. The maximum atomic E-state index is 12.7. The molecule has 1 aliphatic rings. The second kappa shape index (κ2) is 11.6. The van der Waals surface area contributed by atoms with E-state index in [0.717, 1.165) is 37.9 Å². The smallest absolute Gasteiger partial charge is 0.219 e. The highest BCUT2D eigenvalue weighted by atomic mass is 32.2. The number of carbonyl (C=O) groups excluding carboxylic acids is 3. The van der Waals surface area contributed by atoms with Crippen molar-refractivity contribution in [1.82, 2.24) is 5.32 Å². The van der Waals surface area contributed by atoms with Gasteiger partial charge in [0.25, 0.3) is 0 Å². The Labute approximate surface area is 176 Å². The predicted molar refractivity (Wildman–Crippen MR) is 118 cm³/mol. The first kappa shape index (κ1) is 22.9. The first-order valence-corrected chi connectivity index (χ1v) is 11.0. The SMILES string of the molecule is CC1=C(CCCCCCC(=O)NCCCSC(=N)N)C(=O)c2ccccc2C1=O. The van der Waals surface area contributed by atoms with Crippen molar-refractivity contribution in [2.45, 2.75) is 51.9 Å². The second-order valence-electron chi connectivity index (χ2n) is 7.14. The molecule has 2 rings (SSSR count). The number of hydrogen-bond donors (Lipinski definition) is 3. The van der Waals surface area contributed by atoms with Crippen molar-refractivity contribution >= 4 is 34.4 Å². The topological polar surface area (TPSA) is 113 Å². The molecule has 0 radical (unpaired) electrons. The Morgan fingerprint density at radius 3 is 2.38 bits per heavy atom. The maximum Gasteiger partial charge on any atom is 0.219 e. The molecule has 0 bridgehead atoms. The fraction of sp³-hybridized carbons (Fsp3) is 0.455. The summed E-state index contributed by atoms with van der Waals surface area (Å²) in [5.74, 6) is 0.700. The second-order valence-corrected chi connectivity index (χ2v) is 8.27. The van der Waals surface area contributed by atoms with Crippen molar-refractivity contribution in [3.63, 3.8) is 0 Å². The van der Waals surface area contributed by atoms with Crippen molar-refractivity contribution in [3.05, 3.63) is 46.5 Å². The van der Waals surface area contributed by atoms with E-state index in [4.69, 9.17) is 11.1 Å². The number of Topliss-reactive ketones (excluding diaryl/α,β-unsaturated/α-hetero) is 2. The summed E-state index contributed by atoms with van der Waals surface area (Å²) >= 11 is 1.28. The van der Waals surface area contributed by atoms with Gasteiger partial charge in [-0.2, -0.15) is 0 Å². The van der Waals surface area contributed by atoms with Crippen LogP contribution in [0.5, 0.6) is 0 Å². The molecule has 0 saturated carbocycles. The number of hydrogen-bond acceptors (Lipinski definition) is 5. The molecule has 0 heterocycles. The van der Waals surface area contributed by atoms with Gasteiger partial charge in [0.15, 0.2) is 16.7 Å². The van der Waals surface area contributed by atoms with Crippen LogP contribution in [0.25, 0.3) is 0 Å². The molecule has 156 valence electrons. The number of carbonyl (C=O) groups is 3. The number of nitrogens with two attached hydrogens (primary N) is 1.